The minimum atomic E-state index is -0.575. The van der Waals surface area contributed by atoms with E-state index >= 15 is 0 Å². The van der Waals surface area contributed by atoms with Gasteiger partial charge in [0.25, 0.3) is 5.91 Å². The Labute approximate surface area is 118 Å². The van der Waals surface area contributed by atoms with Crippen molar-refractivity contribution in [2.75, 3.05) is 5.32 Å². The maximum Gasteiger partial charge on any atom is 0.255 e. The van der Waals surface area contributed by atoms with Gasteiger partial charge in [0.2, 0.25) is 0 Å². The molecule has 6 heteroatoms. The zero-order valence-corrected chi connectivity index (χ0v) is 11.0. The van der Waals surface area contributed by atoms with Gasteiger partial charge < -0.3 is 10.4 Å². The van der Waals surface area contributed by atoms with Gasteiger partial charge in [-0.15, -0.1) is 0 Å². The van der Waals surface area contributed by atoms with Crippen molar-refractivity contribution in [3.63, 3.8) is 0 Å². The Hall–Kier alpha value is -1.78. The van der Waals surface area contributed by atoms with Gasteiger partial charge in [0.05, 0.1) is 15.7 Å². The summed E-state index contributed by atoms with van der Waals surface area (Å²) < 4.78 is 13.4. The molecule has 0 aliphatic rings. The van der Waals surface area contributed by atoms with E-state index in [1.807, 2.05) is 0 Å². The van der Waals surface area contributed by atoms with Crippen molar-refractivity contribution in [2.45, 2.75) is 0 Å². The third-order valence-electron chi connectivity index (χ3n) is 2.40. The first kappa shape index (κ1) is 13.6. The highest BCUT2D eigenvalue weighted by molar-refractivity contribution is 6.37. The number of hydrogen-bond acceptors (Lipinski definition) is 2. The predicted molar refractivity (Wildman–Crippen MR) is 72.5 cm³/mol. The molecule has 0 saturated carbocycles. The van der Waals surface area contributed by atoms with Gasteiger partial charge in [0.1, 0.15) is 5.82 Å². The number of rotatable bonds is 2. The lowest BCUT2D eigenvalue weighted by molar-refractivity contribution is 0.102. The standard InChI is InChI=1S/C13H8Cl2FNO2/c14-8-5-7(6-9(15)12(8)18)13(19)17-11-4-2-1-3-10(11)16/h1-6,18H,(H,17,19). The number of para-hydroxylation sites is 1. The topological polar surface area (TPSA) is 49.3 Å². The molecule has 0 radical (unpaired) electrons. The van der Waals surface area contributed by atoms with E-state index < -0.39 is 11.7 Å². The van der Waals surface area contributed by atoms with Gasteiger partial charge >= 0.3 is 0 Å². The maximum atomic E-state index is 13.4. The molecule has 0 saturated heterocycles. The fraction of sp³-hybridized carbons (Fsp3) is 0. The van der Waals surface area contributed by atoms with Gasteiger partial charge in [-0.25, -0.2) is 4.39 Å². The van der Waals surface area contributed by atoms with E-state index in [4.69, 9.17) is 23.2 Å². The number of phenols is 1. The van der Waals surface area contributed by atoms with Crippen molar-refractivity contribution in [1.82, 2.24) is 0 Å². The first-order valence-corrected chi connectivity index (χ1v) is 5.98. The molecule has 98 valence electrons. The van der Waals surface area contributed by atoms with E-state index in [0.717, 1.165) is 0 Å². The second kappa shape index (κ2) is 5.47. The molecule has 0 aliphatic carbocycles. The quantitative estimate of drug-likeness (QED) is 0.877. The number of aromatic hydroxyl groups is 1. The molecule has 0 aliphatic heterocycles. The number of anilines is 1. The van der Waals surface area contributed by atoms with Crippen molar-refractivity contribution in [3.05, 3.63) is 57.8 Å². The van der Waals surface area contributed by atoms with Crippen LogP contribution in [-0.4, -0.2) is 11.0 Å². The van der Waals surface area contributed by atoms with Crippen LogP contribution >= 0.6 is 23.2 Å². The SMILES string of the molecule is O=C(Nc1ccccc1F)c1cc(Cl)c(O)c(Cl)c1. The lowest BCUT2D eigenvalue weighted by atomic mass is 10.2. The molecule has 19 heavy (non-hydrogen) atoms. The molecule has 0 unspecified atom stereocenters. The molecular formula is C13H8Cl2FNO2. The zero-order chi connectivity index (χ0) is 14.0. The van der Waals surface area contributed by atoms with Crippen molar-refractivity contribution >= 4 is 34.8 Å². The van der Waals surface area contributed by atoms with Gasteiger partial charge in [-0.05, 0) is 24.3 Å². The Bertz CT molecular complexity index is 623. The van der Waals surface area contributed by atoms with E-state index in [1.165, 1.54) is 30.3 Å². The molecule has 0 atom stereocenters. The number of phenolic OH excluding ortho intramolecular Hbond substituents is 1. The lowest BCUT2D eigenvalue weighted by Gasteiger charge is -2.08. The maximum absolute atomic E-state index is 13.4. The first-order chi connectivity index (χ1) is 8.99. The Balaban J connectivity index is 2.28. The van der Waals surface area contributed by atoms with Crippen LogP contribution in [0.3, 0.4) is 0 Å². The van der Waals surface area contributed by atoms with E-state index in [9.17, 15) is 14.3 Å². The smallest absolute Gasteiger partial charge is 0.255 e. The second-order valence-electron chi connectivity index (χ2n) is 3.72. The summed E-state index contributed by atoms with van der Waals surface area (Å²) in [6.45, 7) is 0. The molecule has 0 spiro atoms. The highest BCUT2D eigenvalue weighted by Gasteiger charge is 2.13. The summed E-state index contributed by atoms with van der Waals surface area (Å²) in [5, 5.41) is 11.7. The monoisotopic (exact) mass is 299 g/mol. The van der Waals surface area contributed by atoms with Crippen molar-refractivity contribution in [1.29, 1.82) is 0 Å². The number of nitrogens with one attached hydrogen (secondary N) is 1. The minimum absolute atomic E-state index is 0.0489. The summed E-state index contributed by atoms with van der Waals surface area (Å²) in [4.78, 5) is 11.9. The second-order valence-corrected chi connectivity index (χ2v) is 4.54. The summed E-state index contributed by atoms with van der Waals surface area (Å²) in [6, 6.07) is 8.26. The third kappa shape index (κ3) is 2.97. The van der Waals surface area contributed by atoms with E-state index in [2.05, 4.69) is 5.32 Å². The average molecular weight is 300 g/mol. The zero-order valence-electron chi connectivity index (χ0n) is 9.45. The summed E-state index contributed by atoms with van der Waals surface area (Å²) in [5.41, 5.74) is 0.170. The number of carbonyl (C=O) groups excluding carboxylic acids is 1. The van der Waals surface area contributed by atoms with Gasteiger partial charge in [0.15, 0.2) is 5.75 Å². The van der Waals surface area contributed by atoms with Gasteiger partial charge in [-0.1, -0.05) is 35.3 Å². The highest BCUT2D eigenvalue weighted by atomic mass is 35.5. The molecule has 0 aromatic heterocycles. The summed E-state index contributed by atoms with van der Waals surface area (Å²) in [6.07, 6.45) is 0. The molecular weight excluding hydrogens is 292 g/mol. The molecule has 0 bridgehead atoms. The average Bonchev–Trinajstić information content (AvgIpc) is 2.38. The van der Waals surface area contributed by atoms with Crippen LogP contribution in [0.2, 0.25) is 10.0 Å². The minimum Gasteiger partial charge on any atom is -0.505 e. The molecule has 0 heterocycles. The Morgan fingerprint density at radius 2 is 1.74 bits per heavy atom. The van der Waals surface area contributed by atoms with Crippen LogP contribution in [0.25, 0.3) is 0 Å². The summed E-state index contributed by atoms with van der Waals surface area (Å²) in [5.74, 6) is -1.42. The van der Waals surface area contributed by atoms with Crippen molar-refractivity contribution in [2.24, 2.45) is 0 Å². The number of carbonyl (C=O) groups is 1. The Morgan fingerprint density at radius 1 is 1.16 bits per heavy atom. The van der Waals surface area contributed by atoms with Crippen LogP contribution in [0.5, 0.6) is 5.75 Å². The molecule has 2 aromatic rings. The van der Waals surface area contributed by atoms with Gasteiger partial charge in [-0.3, -0.25) is 4.79 Å². The normalized spacial score (nSPS) is 10.3. The molecule has 0 fully saturated rings. The van der Waals surface area contributed by atoms with Gasteiger partial charge in [-0.2, -0.15) is 0 Å². The summed E-state index contributed by atoms with van der Waals surface area (Å²) >= 11 is 11.4. The fourth-order valence-electron chi connectivity index (χ4n) is 1.45. The fourth-order valence-corrected chi connectivity index (χ4v) is 1.94. The van der Waals surface area contributed by atoms with E-state index in [-0.39, 0.29) is 27.0 Å². The number of halogens is 3. The van der Waals surface area contributed by atoms with Crippen LogP contribution in [0.1, 0.15) is 10.4 Å². The van der Waals surface area contributed by atoms with Crippen LogP contribution in [0, 0.1) is 5.82 Å². The van der Waals surface area contributed by atoms with Gasteiger partial charge in [0, 0.05) is 5.56 Å². The molecule has 3 nitrogen and oxygen atoms in total. The third-order valence-corrected chi connectivity index (χ3v) is 2.98. The first-order valence-electron chi connectivity index (χ1n) is 5.23. The number of benzene rings is 2. The largest absolute Gasteiger partial charge is 0.505 e. The number of hydrogen-bond donors (Lipinski definition) is 2. The lowest BCUT2D eigenvalue weighted by Crippen LogP contribution is -2.13. The number of amides is 1. The van der Waals surface area contributed by atoms with Crippen molar-refractivity contribution in [3.8, 4) is 5.75 Å². The van der Waals surface area contributed by atoms with Crippen LogP contribution < -0.4 is 5.32 Å². The molecule has 2 N–H and O–H groups in total. The van der Waals surface area contributed by atoms with Crippen LogP contribution in [0.4, 0.5) is 10.1 Å². The van der Waals surface area contributed by atoms with E-state index in [0.29, 0.717) is 0 Å². The highest BCUT2D eigenvalue weighted by Crippen LogP contribution is 2.32. The van der Waals surface area contributed by atoms with Crippen LogP contribution in [-0.2, 0) is 0 Å². The van der Waals surface area contributed by atoms with Crippen LogP contribution in [0.15, 0.2) is 36.4 Å². The van der Waals surface area contributed by atoms with E-state index in [1.54, 1.807) is 6.07 Å². The summed E-state index contributed by atoms with van der Waals surface area (Å²) in [7, 11) is 0. The molecule has 2 aromatic carbocycles. The Morgan fingerprint density at radius 3 is 2.32 bits per heavy atom. The molecule has 1 amide bonds. The predicted octanol–water partition coefficient (Wildman–Crippen LogP) is 4.09. The van der Waals surface area contributed by atoms with Crippen molar-refractivity contribution < 1.29 is 14.3 Å². The Kier molecular flexibility index (Phi) is 3.93. The molecule has 2 rings (SSSR count).